The normalized spacial score (nSPS) is 10.5. The van der Waals surface area contributed by atoms with E-state index in [-0.39, 0.29) is 30.6 Å². The van der Waals surface area contributed by atoms with Gasteiger partial charge in [0.05, 0.1) is 12.1 Å². The van der Waals surface area contributed by atoms with Gasteiger partial charge in [-0.05, 0) is 39.0 Å². The number of carbonyl (C=O) groups excluding carboxylic acids is 2. The molecular weight excluding hydrogens is 266 g/mol. The molecule has 6 heteroatoms. The van der Waals surface area contributed by atoms with Gasteiger partial charge in [-0.2, -0.15) is 0 Å². The summed E-state index contributed by atoms with van der Waals surface area (Å²) < 4.78 is 26.6. The minimum Gasteiger partial charge on any atom is -0.352 e. The number of halogens is 2. The molecule has 0 radical (unpaired) electrons. The molecule has 0 aliphatic heterocycles. The fourth-order valence-electron chi connectivity index (χ4n) is 1.70. The van der Waals surface area contributed by atoms with Crippen molar-refractivity contribution in [2.24, 2.45) is 0 Å². The Hall–Kier alpha value is -1.98. The summed E-state index contributed by atoms with van der Waals surface area (Å²) in [4.78, 5) is 24.9. The molecule has 0 spiro atoms. The third kappa shape index (κ3) is 4.29. The number of rotatable bonds is 5. The van der Waals surface area contributed by atoms with Crippen molar-refractivity contribution in [3.05, 3.63) is 35.4 Å². The second-order valence-electron chi connectivity index (χ2n) is 4.67. The van der Waals surface area contributed by atoms with Crippen molar-refractivity contribution in [1.29, 1.82) is 0 Å². The minimum atomic E-state index is -0.806. The van der Waals surface area contributed by atoms with Crippen LogP contribution in [0.1, 0.15) is 31.1 Å². The van der Waals surface area contributed by atoms with Crippen molar-refractivity contribution in [1.82, 2.24) is 10.2 Å². The van der Waals surface area contributed by atoms with Gasteiger partial charge in [0.15, 0.2) is 0 Å². The van der Waals surface area contributed by atoms with E-state index in [1.807, 2.05) is 0 Å². The zero-order valence-corrected chi connectivity index (χ0v) is 11.7. The largest absolute Gasteiger partial charge is 0.352 e. The lowest BCUT2D eigenvalue weighted by Crippen LogP contribution is -2.42. The number of carbonyl (C=O) groups is 2. The van der Waals surface area contributed by atoms with E-state index in [2.05, 4.69) is 5.32 Å². The molecular formula is C14H18F2N2O2. The highest BCUT2D eigenvalue weighted by atomic mass is 19.1. The molecule has 4 nitrogen and oxygen atoms in total. The van der Waals surface area contributed by atoms with Crippen molar-refractivity contribution in [3.63, 3.8) is 0 Å². The monoisotopic (exact) mass is 284 g/mol. The lowest BCUT2D eigenvalue weighted by molar-refractivity contribution is -0.122. The number of nitrogens with one attached hydrogen (secondary N) is 1. The van der Waals surface area contributed by atoms with Crippen LogP contribution in [0.5, 0.6) is 0 Å². The van der Waals surface area contributed by atoms with Crippen LogP contribution in [0.15, 0.2) is 18.2 Å². The number of likely N-dealkylation sites (N-methyl/N-ethyl adjacent to an activating group) is 1. The molecule has 1 aromatic carbocycles. The third-order valence-electron chi connectivity index (χ3n) is 2.61. The Morgan fingerprint density at radius 3 is 2.50 bits per heavy atom. The summed E-state index contributed by atoms with van der Waals surface area (Å²) in [7, 11) is 0. The van der Waals surface area contributed by atoms with E-state index >= 15 is 0 Å². The molecule has 0 bridgehead atoms. The number of benzene rings is 1. The van der Waals surface area contributed by atoms with Gasteiger partial charge >= 0.3 is 0 Å². The van der Waals surface area contributed by atoms with Crippen LogP contribution in [0, 0.1) is 11.6 Å². The van der Waals surface area contributed by atoms with Crippen molar-refractivity contribution in [2.75, 3.05) is 13.1 Å². The predicted octanol–water partition coefficient (Wildman–Crippen LogP) is 1.95. The summed E-state index contributed by atoms with van der Waals surface area (Å²) in [6, 6.07) is 2.61. The van der Waals surface area contributed by atoms with Gasteiger partial charge < -0.3 is 10.2 Å². The smallest absolute Gasteiger partial charge is 0.257 e. The molecule has 1 aromatic rings. The van der Waals surface area contributed by atoms with E-state index in [9.17, 15) is 18.4 Å². The van der Waals surface area contributed by atoms with Crippen LogP contribution in [-0.4, -0.2) is 35.8 Å². The van der Waals surface area contributed by atoms with Gasteiger partial charge in [0, 0.05) is 12.6 Å². The maximum Gasteiger partial charge on any atom is 0.257 e. The Balaban J connectivity index is 2.86. The van der Waals surface area contributed by atoms with Crippen LogP contribution in [0.4, 0.5) is 8.78 Å². The van der Waals surface area contributed by atoms with Crippen LogP contribution in [0.3, 0.4) is 0 Å². The van der Waals surface area contributed by atoms with Crippen LogP contribution >= 0.6 is 0 Å². The van der Waals surface area contributed by atoms with Crippen molar-refractivity contribution in [2.45, 2.75) is 26.8 Å². The highest BCUT2D eigenvalue weighted by molar-refractivity contribution is 5.96. The first-order valence-corrected chi connectivity index (χ1v) is 6.38. The molecule has 0 heterocycles. The Bertz CT molecular complexity index is 504. The molecule has 2 amide bonds. The molecule has 110 valence electrons. The summed E-state index contributed by atoms with van der Waals surface area (Å²) in [6.45, 7) is 5.28. The van der Waals surface area contributed by atoms with Crippen LogP contribution in [0.25, 0.3) is 0 Å². The molecule has 20 heavy (non-hydrogen) atoms. The van der Waals surface area contributed by atoms with Crippen LogP contribution in [-0.2, 0) is 4.79 Å². The second kappa shape index (κ2) is 6.98. The molecule has 0 saturated heterocycles. The molecule has 0 aliphatic rings. The summed E-state index contributed by atoms with van der Waals surface area (Å²) >= 11 is 0. The number of hydrogen-bond donors (Lipinski definition) is 1. The quantitative estimate of drug-likeness (QED) is 0.898. The first-order valence-electron chi connectivity index (χ1n) is 6.38. The molecule has 0 unspecified atom stereocenters. The van der Waals surface area contributed by atoms with E-state index < -0.39 is 17.5 Å². The predicted molar refractivity (Wildman–Crippen MR) is 71.2 cm³/mol. The van der Waals surface area contributed by atoms with Gasteiger partial charge in [0.25, 0.3) is 5.91 Å². The SMILES string of the molecule is CCN(CC(=O)NC(C)C)C(=O)c1cc(F)ccc1F. The molecule has 1 N–H and O–H groups in total. The van der Waals surface area contributed by atoms with Crippen molar-refractivity contribution < 1.29 is 18.4 Å². The standard InChI is InChI=1S/C14H18F2N2O2/c1-4-18(8-13(19)17-9(2)3)14(20)11-7-10(15)5-6-12(11)16/h5-7,9H,4,8H2,1-3H3,(H,17,19). The van der Waals surface area contributed by atoms with Gasteiger partial charge in [0.1, 0.15) is 11.6 Å². The lowest BCUT2D eigenvalue weighted by Gasteiger charge is -2.21. The molecule has 0 fully saturated rings. The average molecular weight is 284 g/mol. The van der Waals surface area contributed by atoms with Gasteiger partial charge in [-0.15, -0.1) is 0 Å². The maximum atomic E-state index is 13.5. The fourth-order valence-corrected chi connectivity index (χ4v) is 1.70. The number of hydrogen-bond acceptors (Lipinski definition) is 2. The second-order valence-corrected chi connectivity index (χ2v) is 4.67. The van der Waals surface area contributed by atoms with Crippen molar-refractivity contribution >= 4 is 11.8 Å². The zero-order valence-electron chi connectivity index (χ0n) is 11.7. The van der Waals surface area contributed by atoms with Gasteiger partial charge in [-0.3, -0.25) is 9.59 Å². The van der Waals surface area contributed by atoms with Gasteiger partial charge in [-0.25, -0.2) is 8.78 Å². The van der Waals surface area contributed by atoms with E-state index in [1.165, 1.54) is 0 Å². The number of amides is 2. The van der Waals surface area contributed by atoms with Crippen molar-refractivity contribution in [3.8, 4) is 0 Å². The summed E-state index contributed by atoms with van der Waals surface area (Å²) in [6.07, 6.45) is 0. The van der Waals surface area contributed by atoms with Crippen LogP contribution < -0.4 is 5.32 Å². The van der Waals surface area contributed by atoms with Gasteiger partial charge in [0.2, 0.25) is 5.91 Å². The molecule has 0 aromatic heterocycles. The Morgan fingerprint density at radius 2 is 1.95 bits per heavy atom. The third-order valence-corrected chi connectivity index (χ3v) is 2.61. The minimum absolute atomic E-state index is 0.0535. The van der Waals surface area contributed by atoms with E-state index in [0.717, 1.165) is 23.1 Å². The lowest BCUT2D eigenvalue weighted by atomic mass is 10.1. The van der Waals surface area contributed by atoms with Crippen LogP contribution in [0.2, 0.25) is 0 Å². The van der Waals surface area contributed by atoms with Gasteiger partial charge in [-0.1, -0.05) is 0 Å². The average Bonchev–Trinajstić information content (AvgIpc) is 2.37. The zero-order chi connectivity index (χ0) is 15.3. The summed E-state index contributed by atoms with van der Waals surface area (Å²) in [5.41, 5.74) is -0.371. The fraction of sp³-hybridized carbons (Fsp3) is 0.429. The highest BCUT2D eigenvalue weighted by Gasteiger charge is 2.21. The van der Waals surface area contributed by atoms with E-state index in [1.54, 1.807) is 20.8 Å². The Labute approximate surface area is 116 Å². The maximum absolute atomic E-state index is 13.5. The topological polar surface area (TPSA) is 49.4 Å². The molecule has 0 aliphatic carbocycles. The van der Waals surface area contributed by atoms with E-state index in [0.29, 0.717) is 0 Å². The molecule has 1 rings (SSSR count). The summed E-state index contributed by atoms with van der Waals surface area (Å²) in [5, 5.41) is 2.64. The molecule has 0 atom stereocenters. The Kier molecular flexibility index (Phi) is 5.61. The number of nitrogens with zero attached hydrogens (tertiary/aromatic N) is 1. The highest BCUT2D eigenvalue weighted by Crippen LogP contribution is 2.12. The van der Waals surface area contributed by atoms with E-state index in [4.69, 9.17) is 0 Å². The Morgan fingerprint density at radius 1 is 1.30 bits per heavy atom. The first kappa shape index (κ1) is 16.1. The molecule has 0 saturated carbocycles. The summed E-state index contributed by atoms with van der Waals surface area (Å²) in [5.74, 6) is -2.55. The first-order chi connectivity index (χ1) is 9.35.